The molecule has 5 atom stereocenters. The van der Waals surface area contributed by atoms with Gasteiger partial charge in [-0.1, -0.05) is 140 Å². The first-order valence-corrected chi connectivity index (χ1v) is 18.8. The van der Waals surface area contributed by atoms with Gasteiger partial charge in [-0.3, -0.25) is 4.79 Å². The summed E-state index contributed by atoms with van der Waals surface area (Å²) in [5, 5.41) is 39.7. The lowest BCUT2D eigenvalue weighted by atomic mass is 9.72. The molecular weight excluding hydrogens is 677 g/mol. The quantitative estimate of drug-likeness (QED) is 0.110. The molecule has 1 fully saturated rings. The molecule has 4 N–H and O–H groups in total. The lowest BCUT2D eigenvalue weighted by Crippen LogP contribution is -2.60. The molecule has 0 bridgehead atoms. The largest absolute Gasteiger partial charge is 0.394 e. The number of carbonyl (C=O) groups is 1. The van der Waals surface area contributed by atoms with Gasteiger partial charge >= 0.3 is 0 Å². The van der Waals surface area contributed by atoms with Crippen LogP contribution in [0, 0.1) is 5.41 Å². The summed E-state index contributed by atoms with van der Waals surface area (Å²) in [6, 6.07) is 0. The monoisotopic (exact) mass is 747 g/mol. The third-order valence-electron chi connectivity index (χ3n) is 9.68. The van der Waals surface area contributed by atoms with Crippen LogP contribution in [0.2, 0.25) is 0 Å². The van der Waals surface area contributed by atoms with Crippen LogP contribution in [0.1, 0.15) is 109 Å². The fourth-order valence-electron chi connectivity index (χ4n) is 6.09. The summed E-state index contributed by atoms with van der Waals surface area (Å²) in [6.45, 7) is 20.0. The second kappa shape index (κ2) is 23.5. The van der Waals surface area contributed by atoms with Crippen LogP contribution in [-0.4, -0.2) is 69.1 Å². The van der Waals surface area contributed by atoms with Gasteiger partial charge in [0.15, 0.2) is 12.1 Å². The van der Waals surface area contributed by atoms with Gasteiger partial charge in [-0.25, -0.2) is 0 Å². The van der Waals surface area contributed by atoms with Crippen molar-refractivity contribution >= 4 is 5.78 Å². The molecule has 0 saturated carbocycles. The standard InChI is InChI=1S/C46H66O7.CH4/c1-32(17-11-12-18-33(2)20-15-24-36(5)26-27-38-37(6)39(48)28-30-45(38,7)8)19-13-21-34(3)22-14-23-35(4)25-16-29-46(9,10)53-44-43(51)42(50)41(49)40(31-47)52-44;/h11-15,17-24,26-27,40-44,47,49-51H,16,25,28-31H2,1-10H3;1H4/b12-11+,19-13+,20-15+,22-14+,27-26+,32-17+,33-18+,34-21+,35-23+,36-24+;/t40-,41-,42?,43?,44+;/m1./s1. The molecule has 1 heterocycles. The van der Waals surface area contributed by atoms with Gasteiger partial charge < -0.3 is 29.9 Å². The van der Waals surface area contributed by atoms with Gasteiger partial charge in [0, 0.05) is 6.42 Å². The van der Waals surface area contributed by atoms with E-state index in [9.17, 15) is 25.2 Å². The summed E-state index contributed by atoms with van der Waals surface area (Å²) in [7, 11) is 0. The number of allylic oxidation sites excluding steroid dienone is 22. The first kappa shape index (κ1) is 48.6. The first-order chi connectivity index (χ1) is 24.9. The Morgan fingerprint density at radius 3 is 1.83 bits per heavy atom. The zero-order valence-corrected chi connectivity index (χ0v) is 33.8. The number of aliphatic hydroxyl groups is 4. The van der Waals surface area contributed by atoms with Gasteiger partial charge in [0.2, 0.25) is 0 Å². The predicted molar refractivity (Wildman–Crippen MR) is 225 cm³/mol. The van der Waals surface area contributed by atoms with Crippen molar-refractivity contribution in [1.29, 1.82) is 0 Å². The molecular formula is C47H70O7. The van der Waals surface area contributed by atoms with Crippen molar-refractivity contribution in [2.45, 2.75) is 145 Å². The number of aliphatic hydroxyl groups excluding tert-OH is 4. The van der Waals surface area contributed by atoms with Crippen LogP contribution in [0.3, 0.4) is 0 Å². The summed E-state index contributed by atoms with van der Waals surface area (Å²) < 4.78 is 11.4. The Morgan fingerprint density at radius 2 is 1.30 bits per heavy atom. The molecule has 0 aromatic heterocycles. The Hall–Kier alpha value is -3.43. The maximum Gasteiger partial charge on any atom is 0.187 e. The zero-order valence-electron chi connectivity index (χ0n) is 33.8. The second-order valence-corrected chi connectivity index (χ2v) is 15.7. The van der Waals surface area contributed by atoms with Crippen molar-refractivity contribution < 1.29 is 34.7 Å². The molecule has 0 amide bonds. The van der Waals surface area contributed by atoms with E-state index in [1.165, 1.54) is 5.57 Å². The zero-order chi connectivity index (χ0) is 39.8. The summed E-state index contributed by atoms with van der Waals surface area (Å²) in [6.07, 6.45) is 28.6. The molecule has 0 aromatic carbocycles. The average molecular weight is 747 g/mol. The maximum atomic E-state index is 12.2. The Morgan fingerprint density at radius 1 is 0.796 bits per heavy atom. The highest BCUT2D eigenvalue weighted by Gasteiger charge is 2.45. The highest BCUT2D eigenvalue weighted by atomic mass is 16.7. The lowest BCUT2D eigenvalue weighted by Gasteiger charge is -2.42. The molecule has 300 valence electrons. The van der Waals surface area contributed by atoms with Gasteiger partial charge in [-0.05, 0) is 97.6 Å². The molecule has 7 heteroatoms. The van der Waals surface area contributed by atoms with E-state index < -0.39 is 42.9 Å². The minimum Gasteiger partial charge on any atom is -0.394 e. The Balaban J connectivity index is 0.0000146. The molecule has 7 nitrogen and oxygen atoms in total. The van der Waals surface area contributed by atoms with E-state index in [0.29, 0.717) is 12.8 Å². The normalized spacial score (nSPS) is 25.7. The third-order valence-corrected chi connectivity index (χ3v) is 9.68. The van der Waals surface area contributed by atoms with Crippen LogP contribution < -0.4 is 0 Å². The van der Waals surface area contributed by atoms with Gasteiger partial charge in [-0.15, -0.1) is 0 Å². The van der Waals surface area contributed by atoms with E-state index in [4.69, 9.17) is 9.47 Å². The first-order valence-electron chi connectivity index (χ1n) is 18.8. The van der Waals surface area contributed by atoms with E-state index in [1.807, 2.05) is 45.1 Å². The minimum absolute atomic E-state index is 0. The van der Waals surface area contributed by atoms with E-state index in [0.717, 1.165) is 52.7 Å². The van der Waals surface area contributed by atoms with Crippen molar-refractivity contribution in [3.63, 3.8) is 0 Å². The maximum absolute atomic E-state index is 12.2. The number of carbonyl (C=O) groups excluding carboxylic acids is 1. The molecule has 0 radical (unpaired) electrons. The minimum atomic E-state index is -1.45. The van der Waals surface area contributed by atoms with Crippen LogP contribution in [0.5, 0.6) is 0 Å². The van der Waals surface area contributed by atoms with E-state index in [-0.39, 0.29) is 18.6 Å². The summed E-state index contributed by atoms with van der Waals surface area (Å²) in [5.74, 6) is 0.260. The van der Waals surface area contributed by atoms with Crippen molar-refractivity contribution in [2.24, 2.45) is 5.41 Å². The van der Waals surface area contributed by atoms with Gasteiger partial charge in [0.25, 0.3) is 0 Å². The van der Waals surface area contributed by atoms with Gasteiger partial charge in [0.05, 0.1) is 12.2 Å². The van der Waals surface area contributed by atoms with Crippen LogP contribution >= 0.6 is 0 Å². The van der Waals surface area contributed by atoms with Crippen LogP contribution in [0.25, 0.3) is 0 Å². The Kier molecular flexibility index (Phi) is 21.1. The highest BCUT2D eigenvalue weighted by Crippen LogP contribution is 2.39. The number of hydrogen-bond donors (Lipinski definition) is 4. The van der Waals surface area contributed by atoms with Crippen molar-refractivity contribution in [1.82, 2.24) is 0 Å². The third kappa shape index (κ3) is 16.9. The van der Waals surface area contributed by atoms with E-state index in [1.54, 1.807) is 0 Å². The van der Waals surface area contributed by atoms with Gasteiger partial charge in [0.1, 0.15) is 24.4 Å². The lowest BCUT2D eigenvalue weighted by molar-refractivity contribution is -0.323. The molecule has 54 heavy (non-hydrogen) atoms. The smallest absolute Gasteiger partial charge is 0.187 e. The van der Waals surface area contributed by atoms with E-state index >= 15 is 0 Å². The topological polar surface area (TPSA) is 116 Å². The molecule has 1 aliphatic carbocycles. The predicted octanol–water partition coefficient (Wildman–Crippen LogP) is 9.61. The molecule has 1 aliphatic heterocycles. The Bertz CT molecular complexity index is 1570. The van der Waals surface area contributed by atoms with Crippen molar-refractivity contribution in [3.05, 3.63) is 130 Å². The number of ether oxygens (including phenoxy) is 2. The number of ketones is 1. The van der Waals surface area contributed by atoms with Crippen molar-refractivity contribution in [3.8, 4) is 0 Å². The molecule has 2 rings (SSSR count). The summed E-state index contributed by atoms with van der Waals surface area (Å²) >= 11 is 0. The highest BCUT2D eigenvalue weighted by molar-refractivity contribution is 5.97. The molecule has 0 spiro atoms. The van der Waals surface area contributed by atoms with Crippen LogP contribution in [0.4, 0.5) is 0 Å². The molecule has 2 aliphatic rings. The second-order valence-electron chi connectivity index (χ2n) is 15.7. The SMILES string of the molecule is C.CC1=C(/C=C/C(C)=C/C=C/C(C)=C/C=C/C=C(C)/C=C/C=C(C)/C=C/C=C(\C)CCCC(C)(C)O[C@@H]2O[C@H](CO)[C@@H](O)C(O)C2O)C(C)(C)CCC1=O. The molecule has 1 saturated heterocycles. The fourth-order valence-corrected chi connectivity index (χ4v) is 6.09. The average Bonchev–Trinajstić information content (AvgIpc) is 3.08. The molecule has 2 unspecified atom stereocenters. The number of rotatable bonds is 17. The summed E-state index contributed by atoms with van der Waals surface area (Å²) in [4.78, 5) is 12.2. The van der Waals surface area contributed by atoms with E-state index in [2.05, 4.69) is 115 Å². The van der Waals surface area contributed by atoms with Crippen LogP contribution in [0.15, 0.2) is 130 Å². The van der Waals surface area contributed by atoms with Crippen LogP contribution in [-0.2, 0) is 14.3 Å². The van der Waals surface area contributed by atoms with Gasteiger partial charge in [-0.2, -0.15) is 0 Å². The number of hydrogen-bond acceptors (Lipinski definition) is 7. The Labute approximate surface area is 327 Å². The fraction of sp³-hybridized carbons (Fsp3) is 0.511. The number of Topliss-reactive ketones (excluding diaryl/α,β-unsaturated/α-hetero) is 1. The van der Waals surface area contributed by atoms with Crippen molar-refractivity contribution in [2.75, 3.05) is 6.61 Å². The molecule has 0 aromatic rings. The summed E-state index contributed by atoms with van der Waals surface area (Å²) in [5.41, 5.74) is 7.20.